The Morgan fingerprint density at radius 3 is 2.45 bits per heavy atom. The minimum atomic E-state index is -2.13. The monoisotopic (exact) mass is 515 g/mol. The number of halogens is 1. The maximum absolute atomic E-state index is 15.9. The van der Waals surface area contributed by atoms with Gasteiger partial charge in [0.15, 0.2) is 6.17 Å². The number of aromatic nitrogens is 1. The number of aryl methyl sites for hydroxylation is 1. The van der Waals surface area contributed by atoms with Crippen molar-refractivity contribution in [3.63, 3.8) is 0 Å². The highest BCUT2D eigenvalue weighted by Gasteiger charge is 2.29. The minimum absolute atomic E-state index is 0.0779. The molecule has 2 heterocycles. The van der Waals surface area contributed by atoms with E-state index in [-0.39, 0.29) is 51.8 Å². The topological polar surface area (TPSA) is 17.0 Å². The standard InChI is InChI=1S/C35H37FNO/c1-21-8-11-26-27-12-13-28(36)31(23-9-10-24-19-35(5,6)20-25(24)17-23)33(27)38-32(26)30(21)29-16-22(14-15-37(29)7)18-34(2,3)4/h8-17H,18-20H2,1-7H3/q+1/i14D,15D,16D,18D2,19D2,20D2. The van der Waals surface area contributed by atoms with Crippen LogP contribution in [0.25, 0.3) is 44.3 Å². The van der Waals surface area contributed by atoms with Crippen molar-refractivity contribution in [3.05, 3.63) is 88.8 Å². The minimum Gasteiger partial charge on any atom is -0.454 e. The van der Waals surface area contributed by atoms with Crippen LogP contribution in [0.15, 0.2) is 65.1 Å². The van der Waals surface area contributed by atoms with E-state index in [1.165, 1.54) is 22.8 Å². The molecule has 0 saturated carbocycles. The van der Waals surface area contributed by atoms with Crippen LogP contribution < -0.4 is 4.57 Å². The zero-order valence-electron chi connectivity index (χ0n) is 31.8. The second kappa shape index (κ2) is 8.53. The predicted octanol–water partition coefficient (Wildman–Crippen LogP) is 8.91. The van der Waals surface area contributed by atoms with Crippen molar-refractivity contribution in [1.82, 2.24) is 0 Å². The number of fused-ring (bicyclic) bond motifs is 4. The van der Waals surface area contributed by atoms with Crippen LogP contribution in [0.1, 0.15) is 69.2 Å². The van der Waals surface area contributed by atoms with Crippen LogP contribution in [-0.4, -0.2) is 0 Å². The summed E-state index contributed by atoms with van der Waals surface area (Å²) in [5.74, 6) is -0.616. The predicted molar refractivity (Wildman–Crippen MR) is 155 cm³/mol. The molecule has 0 radical (unpaired) electrons. The summed E-state index contributed by atoms with van der Waals surface area (Å²) in [6.45, 7) is 9.95. The first-order valence-corrected chi connectivity index (χ1v) is 12.8. The van der Waals surface area contributed by atoms with Crippen molar-refractivity contribution in [1.29, 1.82) is 0 Å². The average Bonchev–Trinajstić information content (AvgIpc) is 3.38. The number of nitrogens with zero attached hydrogens (tertiary/aromatic N) is 1. The van der Waals surface area contributed by atoms with Gasteiger partial charge in [-0.2, -0.15) is 0 Å². The van der Waals surface area contributed by atoms with Gasteiger partial charge in [0.25, 0.3) is 0 Å². The van der Waals surface area contributed by atoms with Gasteiger partial charge in [-0.25, -0.2) is 8.96 Å². The fraction of sp³-hybridized carbons (Fsp3) is 0.343. The van der Waals surface area contributed by atoms with Crippen molar-refractivity contribution in [2.75, 3.05) is 0 Å². The van der Waals surface area contributed by atoms with Crippen LogP contribution in [0.4, 0.5) is 4.39 Å². The van der Waals surface area contributed by atoms with E-state index in [9.17, 15) is 1.37 Å². The van der Waals surface area contributed by atoms with Crippen LogP contribution in [0.3, 0.4) is 0 Å². The van der Waals surface area contributed by atoms with Gasteiger partial charge in [0, 0.05) is 31.1 Å². The zero-order valence-corrected chi connectivity index (χ0v) is 22.8. The summed E-state index contributed by atoms with van der Waals surface area (Å²) in [5, 5.41) is 1.15. The largest absolute Gasteiger partial charge is 0.454 e. The lowest BCUT2D eigenvalue weighted by Gasteiger charge is -2.18. The molecule has 0 spiro atoms. The van der Waals surface area contributed by atoms with E-state index >= 15 is 4.39 Å². The molecule has 1 aliphatic carbocycles. The van der Waals surface area contributed by atoms with Crippen LogP contribution >= 0.6 is 0 Å². The molecule has 0 aliphatic heterocycles. The summed E-state index contributed by atoms with van der Waals surface area (Å²) in [6, 6.07) is 10.5. The summed E-state index contributed by atoms with van der Waals surface area (Å²) in [4.78, 5) is 0. The Kier molecular flexibility index (Phi) is 3.70. The second-order valence-corrected chi connectivity index (χ2v) is 11.7. The number of rotatable bonds is 3. The van der Waals surface area contributed by atoms with E-state index in [1.54, 1.807) is 60.7 Å². The van der Waals surface area contributed by atoms with Gasteiger partial charge in [0.2, 0.25) is 5.69 Å². The fourth-order valence-corrected chi connectivity index (χ4v) is 5.25. The molecular weight excluding hydrogens is 469 g/mol. The molecule has 5 aromatic rings. The Bertz CT molecular complexity index is 2160. The number of benzene rings is 3. The Morgan fingerprint density at radius 1 is 1.03 bits per heavy atom. The smallest absolute Gasteiger partial charge is 0.216 e. The first kappa shape index (κ1) is 16.5. The Morgan fingerprint density at radius 2 is 1.71 bits per heavy atom. The van der Waals surface area contributed by atoms with Crippen LogP contribution in [0.2, 0.25) is 0 Å². The molecule has 2 nitrogen and oxygen atoms in total. The summed E-state index contributed by atoms with van der Waals surface area (Å²) >= 11 is 0. The lowest BCUT2D eigenvalue weighted by atomic mass is 9.88. The van der Waals surface area contributed by atoms with Crippen molar-refractivity contribution < 1.29 is 25.7 Å². The summed E-state index contributed by atoms with van der Waals surface area (Å²) < 4.78 is 103. The fourth-order valence-electron chi connectivity index (χ4n) is 5.25. The van der Waals surface area contributed by atoms with E-state index in [2.05, 4.69) is 0 Å². The third-order valence-corrected chi connectivity index (χ3v) is 6.83. The third kappa shape index (κ3) is 4.22. The Labute approximate surface area is 237 Å². The van der Waals surface area contributed by atoms with Gasteiger partial charge in [-0.3, -0.25) is 0 Å². The maximum Gasteiger partial charge on any atom is 0.216 e. The third-order valence-electron chi connectivity index (χ3n) is 6.83. The SMILES string of the molecule is [2H]c1c(C([2H])([2H])C(C)(C)C)c([2H])c(-c2c(C)ccc3c2oc2c(-c4ccc5c(c4)C([2H])([2H])C(C)(C)C5([2H])[2H])c(F)ccc23)[n+](C)c1[2H]. The average molecular weight is 516 g/mol. The van der Waals surface area contributed by atoms with Crippen molar-refractivity contribution in [2.45, 2.75) is 60.7 Å². The highest BCUT2D eigenvalue weighted by atomic mass is 19.1. The molecule has 38 heavy (non-hydrogen) atoms. The normalized spacial score (nSPS) is 21.4. The molecule has 3 heteroatoms. The highest BCUT2D eigenvalue weighted by Crippen LogP contribution is 2.43. The number of pyridine rings is 1. The molecule has 0 bridgehead atoms. The first-order valence-electron chi connectivity index (χ1n) is 17.3. The molecule has 1 aliphatic rings. The molecule has 3 aromatic carbocycles. The molecule has 0 atom stereocenters. The summed E-state index contributed by atoms with van der Waals surface area (Å²) in [6.07, 6.45) is -6.41. The van der Waals surface area contributed by atoms with E-state index in [0.717, 1.165) is 0 Å². The maximum atomic E-state index is 15.9. The lowest BCUT2D eigenvalue weighted by Crippen LogP contribution is -2.31. The second-order valence-electron chi connectivity index (χ2n) is 11.7. The van der Waals surface area contributed by atoms with E-state index in [0.29, 0.717) is 33.0 Å². The lowest BCUT2D eigenvalue weighted by molar-refractivity contribution is -0.660. The number of hydrogen-bond donors (Lipinski definition) is 0. The van der Waals surface area contributed by atoms with Gasteiger partial charge in [-0.1, -0.05) is 65.0 Å². The van der Waals surface area contributed by atoms with E-state index in [1.807, 2.05) is 12.1 Å². The van der Waals surface area contributed by atoms with Gasteiger partial charge >= 0.3 is 0 Å². The number of furan rings is 1. The van der Waals surface area contributed by atoms with Crippen LogP contribution in [0, 0.1) is 23.6 Å². The van der Waals surface area contributed by atoms with Crippen molar-refractivity contribution in [2.24, 2.45) is 17.9 Å². The molecule has 0 fully saturated rings. The Balaban J connectivity index is 1.68. The number of hydrogen-bond acceptors (Lipinski definition) is 1. The molecule has 0 unspecified atom stereocenters. The van der Waals surface area contributed by atoms with E-state index in [4.69, 9.17) is 15.4 Å². The van der Waals surface area contributed by atoms with Crippen LogP contribution in [0.5, 0.6) is 0 Å². The molecule has 2 aromatic heterocycles. The van der Waals surface area contributed by atoms with Gasteiger partial charge in [0.1, 0.15) is 25.4 Å². The highest BCUT2D eigenvalue weighted by molar-refractivity contribution is 6.13. The molecule has 194 valence electrons. The van der Waals surface area contributed by atoms with E-state index < -0.39 is 35.8 Å². The molecule has 6 rings (SSSR count). The van der Waals surface area contributed by atoms with Crippen LogP contribution in [-0.2, 0) is 26.2 Å². The molecular formula is C35H37FNO+. The Hall–Kier alpha value is -3.46. The first-order chi connectivity index (χ1) is 21.5. The summed E-state index contributed by atoms with van der Waals surface area (Å²) in [7, 11) is 1.55. The van der Waals surface area contributed by atoms with Gasteiger partial charge < -0.3 is 4.42 Å². The van der Waals surface area contributed by atoms with Crippen molar-refractivity contribution in [3.8, 4) is 22.4 Å². The van der Waals surface area contributed by atoms with Gasteiger partial charge in [-0.15, -0.1) is 0 Å². The zero-order chi connectivity index (χ0) is 35.0. The van der Waals surface area contributed by atoms with Crippen molar-refractivity contribution >= 4 is 21.9 Å². The van der Waals surface area contributed by atoms with Gasteiger partial charge in [-0.05, 0) is 76.8 Å². The summed E-state index contributed by atoms with van der Waals surface area (Å²) in [5.41, 5.74) is -0.0609. The molecule has 0 N–H and O–H groups in total. The quantitative estimate of drug-likeness (QED) is 0.219. The molecule has 0 saturated heterocycles. The van der Waals surface area contributed by atoms with Gasteiger partial charge in [0.05, 0.1) is 13.9 Å². The molecule has 0 amide bonds.